The summed E-state index contributed by atoms with van der Waals surface area (Å²) >= 11 is 0. The van der Waals surface area contributed by atoms with Crippen molar-refractivity contribution in [1.82, 2.24) is 10.3 Å². The smallest absolute Gasteiger partial charge is 0.251 e. The van der Waals surface area contributed by atoms with E-state index in [-0.39, 0.29) is 11.4 Å². The van der Waals surface area contributed by atoms with Gasteiger partial charge in [0.15, 0.2) is 0 Å². The van der Waals surface area contributed by atoms with Crippen molar-refractivity contribution in [2.45, 2.75) is 45.1 Å². The molecule has 5 heteroatoms. The van der Waals surface area contributed by atoms with Gasteiger partial charge < -0.3 is 10.7 Å². The maximum atomic E-state index is 12.2. The normalized spacial score (nSPS) is 16.8. The van der Waals surface area contributed by atoms with E-state index in [9.17, 15) is 4.79 Å². The fourth-order valence-electron chi connectivity index (χ4n) is 2.36. The fraction of sp³-hybridized carbons (Fsp3) is 0.538. The summed E-state index contributed by atoms with van der Waals surface area (Å²) < 4.78 is 0. The molecule has 0 aliphatic heterocycles. The maximum absolute atomic E-state index is 12.2. The highest BCUT2D eigenvalue weighted by Crippen LogP contribution is 2.34. The van der Waals surface area contributed by atoms with Crippen LogP contribution in [0, 0.1) is 6.92 Å². The van der Waals surface area contributed by atoms with Crippen LogP contribution in [0.15, 0.2) is 12.1 Å². The second-order valence-corrected chi connectivity index (χ2v) is 4.97. The third kappa shape index (κ3) is 2.46. The Balaban J connectivity index is 2.15. The first-order valence-electron chi connectivity index (χ1n) is 6.36. The van der Waals surface area contributed by atoms with Crippen LogP contribution in [-0.4, -0.2) is 16.4 Å². The van der Waals surface area contributed by atoms with E-state index in [0.29, 0.717) is 11.4 Å². The molecule has 98 valence electrons. The number of rotatable bonds is 4. The van der Waals surface area contributed by atoms with E-state index in [1.165, 1.54) is 6.42 Å². The standard InChI is InChI=1S/C13H20N4O/c1-3-13(5-4-6-13)16-12(18)10-7-9(2)15-11(8-10)17-14/h7-8H,3-6,14H2,1-2H3,(H,15,17)(H,16,18). The molecule has 0 aromatic carbocycles. The van der Waals surface area contributed by atoms with Gasteiger partial charge in [-0.3, -0.25) is 4.79 Å². The van der Waals surface area contributed by atoms with E-state index < -0.39 is 0 Å². The van der Waals surface area contributed by atoms with Crippen molar-refractivity contribution < 1.29 is 4.79 Å². The van der Waals surface area contributed by atoms with Crippen LogP contribution in [0.1, 0.15) is 48.7 Å². The number of nitrogen functional groups attached to an aromatic ring is 1. The monoisotopic (exact) mass is 248 g/mol. The van der Waals surface area contributed by atoms with Crippen LogP contribution >= 0.6 is 0 Å². The number of hydrazine groups is 1. The second-order valence-electron chi connectivity index (χ2n) is 4.97. The quantitative estimate of drug-likeness (QED) is 0.560. The molecule has 0 atom stereocenters. The molecule has 0 radical (unpaired) electrons. The number of nitrogens with two attached hydrogens (primary N) is 1. The zero-order chi connectivity index (χ0) is 13.2. The average Bonchev–Trinajstić information content (AvgIpc) is 2.32. The minimum atomic E-state index is -0.0430. The maximum Gasteiger partial charge on any atom is 0.251 e. The SMILES string of the molecule is CCC1(NC(=O)c2cc(C)nc(NN)c2)CCC1. The van der Waals surface area contributed by atoms with Gasteiger partial charge in [0.1, 0.15) is 5.82 Å². The number of hydrogen-bond acceptors (Lipinski definition) is 4. The summed E-state index contributed by atoms with van der Waals surface area (Å²) in [5.74, 6) is 5.80. The summed E-state index contributed by atoms with van der Waals surface area (Å²) in [4.78, 5) is 16.4. The van der Waals surface area contributed by atoms with Crippen molar-refractivity contribution in [3.05, 3.63) is 23.4 Å². The third-order valence-electron chi connectivity index (χ3n) is 3.73. The summed E-state index contributed by atoms with van der Waals surface area (Å²) in [6, 6.07) is 3.45. The average molecular weight is 248 g/mol. The lowest BCUT2D eigenvalue weighted by atomic mass is 9.74. The first kappa shape index (κ1) is 12.8. The summed E-state index contributed by atoms with van der Waals surface area (Å²) in [6.07, 6.45) is 4.31. The van der Waals surface area contributed by atoms with Gasteiger partial charge in [-0.25, -0.2) is 10.8 Å². The molecule has 1 saturated carbocycles. The number of nitrogens with zero attached hydrogens (tertiary/aromatic N) is 1. The van der Waals surface area contributed by atoms with Crippen molar-refractivity contribution in [2.75, 3.05) is 5.43 Å². The zero-order valence-electron chi connectivity index (χ0n) is 10.9. The van der Waals surface area contributed by atoms with Gasteiger partial charge in [0.05, 0.1) is 0 Å². The minimum Gasteiger partial charge on any atom is -0.347 e. The number of hydrogen-bond donors (Lipinski definition) is 3. The molecular formula is C13H20N4O. The molecule has 5 nitrogen and oxygen atoms in total. The molecule has 4 N–H and O–H groups in total. The highest BCUT2D eigenvalue weighted by atomic mass is 16.1. The third-order valence-corrected chi connectivity index (χ3v) is 3.73. The van der Waals surface area contributed by atoms with Gasteiger partial charge in [0.2, 0.25) is 0 Å². The number of carbonyl (C=O) groups is 1. The Bertz CT molecular complexity index is 449. The van der Waals surface area contributed by atoms with E-state index in [2.05, 4.69) is 22.7 Å². The highest BCUT2D eigenvalue weighted by Gasteiger charge is 2.36. The molecule has 1 fully saturated rings. The van der Waals surface area contributed by atoms with E-state index >= 15 is 0 Å². The van der Waals surface area contributed by atoms with Crippen LogP contribution in [-0.2, 0) is 0 Å². The van der Waals surface area contributed by atoms with Gasteiger partial charge >= 0.3 is 0 Å². The predicted octanol–water partition coefficient (Wildman–Crippen LogP) is 1.74. The van der Waals surface area contributed by atoms with E-state index in [0.717, 1.165) is 25.0 Å². The lowest BCUT2D eigenvalue weighted by molar-refractivity contribution is 0.0820. The zero-order valence-corrected chi connectivity index (χ0v) is 10.9. The minimum absolute atomic E-state index is 0.00453. The number of carbonyl (C=O) groups excluding carboxylic acids is 1. The molecule has 0 unspecified atom stereocenters. The summed E-state index contributed by atoms with van der Waals surface area (Å²) in [5.41, 5.74) is 3.86. The molecule has 18 heavy (non-hydrogen) atoms. The fourth-order valence-corrected chi connectivity index (χ4v) is 2.36. The number of aryl methyl sites for hydroxylation is 1. The van der Waals surface area contributed by atoms with E-state index in [1.807, 2.05) is 6.92 Å². The molecule has 0 saturated heterocycles. The van der Waals surface area contributed by atoms with Crippen LogP contribution in [0.4, 0.5) is 5.82 Å². The van der Waals surface area contributed by atoms with Gasteiger partial charge in [-0.2, -0.15) is 0 Å². The van der Waals surface area contributed by atoms with Gasteiger partial charge in [0.25, 0.3) is 5.91 Å². The van der Waals surface area contributed by atoms with Crippen molar-refractivity contribution in [3.8, 4) is 0 Å². The molecule has 0 bridgehead atoms. The lowest BCUT2D eigenvalue weighted by Crippen LogP contribution is -2.53. The summed E-state index contributed by atoms with van der Waals surface area (Å²) in [5, 5.41) is 3.14. The molecule has 2 rings (SSSR count). The molecule has 1 aliphatic carbocycles. The number of aromatic nitrogens is 1. The van der Waals surface area contributed by atoms with Crippen LogP contribution in [0.25, 0.3) is 0 Å². The summed E-state index contributed by atoms with van der Waals surface area (Å²) in [7, 11) is 0. The molecule has 1 heterocycles. The Morgan fingerprint density at radius 1 is 1.50 bits per heavy atom. The Morgan fingerprint density at radius 2 is 2.22 bits per heavy atom. The largest absolute Gasteiger partial charge is 0.347 e. The van der Waals surface area contributed by atoms with Crippen molar-refractivity contribution in [3.63, 3.8) is 0 Å². The number of pyridine rings is 1. The van der Waals surface area contributed by atoms with E-state index in [1.54, 1.807) is 12.1 Å². The first-order chi connectivity index (χ1) is 8.58. The molecule has 1 aromatic heterocycles. The Labute approximate surface area is 107 Å². The summed E-state index contributed by atoms with van der Waals surface area (Å²) in [6.45, 7) is 3.96. The van der Waals surface area contributed by atoms with Crippen LogP contribution < -0.4 is 16.6 Å². The van der Waals surface area contributed by atoms with Crippen LogP contribution in [0.5, 0.6) is 0 Å². The Hall–Kier alpha value is -1.62. The van der Waals surface area contributed by atoms with Crippen molar-refractivity contribution in [1.29, 1.82) is 0 Å². The predicted molar refractivity (Wildman–Crippen MR) is 71.1 cm³/mol. The van der Waals surface area contributed by atoms with E-state index in [4.69, 9.17) is 5.84 Å². The second kappa shape index (κ2) is 4.94. The first-order valence-corrected chi connectivity index (χ1v) is 6.36. The van der Waals surface area contributed by atoms with Gasteiger partial charge in [-0.05, 0) is 44.7 Å². The molecule has 1 aromatic rings. The number of nitrogens with one attached hydrogen (secondary N) is 2. The molecule has 1 amide bonds. The number of anilines is 1. The Kier molecular flexibility index (Phi) is 3.52. The number of amides is 1. The van der Waals surface area contributed by atoms with Gasteiger partial charge in [0, 0.05) is 16.8 Å². The topological polar surface area (TPSA) is 80.0 Å². The molecule has 1 aliphatic rings. The molecule has 0 spiro atoms. The highest BCUT2D eigenvalue weighted by molar-refractivity contribution is 5.95. The van der Waals surface area contributed by atoms with Gasteiger partial charge in [-0.15, -0.1) is 0 Å². The van der Waals surface area contributed by atoms with Crippen molar-refractivity contribution in [2.24, 2.45) is 5.84 Å². The van der Waals surface area contributed by atoms with Crippen molar-refractivity contribution >= 4 is 11.7 Å². The van der Waals surface area contributed by atoms with Crippen LogP contribution in [0.3, 0.4) is 0 Å². The lowest BCUT2D eigenvalue weighted by Gasteiger charge is -2.42. The van der Waals surface area contributed by atoms with Gasteiger partial charge in [-0.1, -0.05) is 6.92 Å². The Morgan fingerprint density at radius 3 is 2.72 bits per heavy atom. The van der Waals surface area contributed by atoms with Crippen LogP contribution in [0.2, 0.25) is 0 Å². The molecular weight excluding hydrogens is 228 g/mol.